The van der Waals surface area contributed by atoms with E-state index in [0.717, 1.165) is 38.0 Å². The Bertz CT molecular complexity index is 650. The quantitative estimate of drug-likeness (QED) is 0.616. The van der Waals surface area contributed by atoms with Crippen LogP contribution in [0.5, 0.6) is 5.75 Å². The average Bonchev–Trinajstić information content (AvgIpc) is 2.48. The fourth-order valence-corrected chi connectivity index (χ4v) is 3.40. The number of likely N-dealkylation sites (tertiary alicyclic amines) is 1. The predicted molar refractivity (Wildman–Crippen MR) is 80.9 cm³/mol. The molecule has 130 valence electrons. The first-order valence-electron chi connectivity index (χ1n) is 7.48. The molecule has 1 aliphatic rings. The van der Waals surface area contributed by atoms with Crippen molar-refractivity contribution >= 4 is 10.1 Å². The molecule has 0 unspecified atom stereocenters. The molecule has 0 atom stereocenters. The van der Waals surface area contributed by atoms with E-state index in [1.807, 2.05) is 6.07 Å². The molecule has 0 bridgehead atoms. The Kier molecular flexibility index (Phi) is 5.25. The molecular formula is C15H20F3NO3S. The van der Waals surface area contributed by atoms with Crippen LogP contribution in [0.25, 0.3) is 0 Å². The number of halogens is 3. The first kappa shape index (κ1) is 18.1. The van der Waals surface area contributed by atoms with Crippen molar-refractivity contribution in [2.45, 2.75) is 38.1 Å². The smallest absolute Gasteiger partial charge is 0.376 e. The summed E-state index contributed by atoms with van der Waals surface area (Å²) in [4.78, 5) is 2.31. The van der Waals surface area contributed by atoms with Gasteiger partial charge in [-0.05, 0) is 62.5 Å². The number of hydrogen-bond acceptors (Lipinski definition) is 4. The van der Waals surface area contributed by atoms with Crippen LogP contribution in [0.1, 0.15) is 36.8 Å². The molecule has 0 amide bonds. The minimum atomic E-state index is -5.64. The van der Waals surface area contributed by atoms with Gasteiger partial charge in [0.25, 0.3) is 0 Å². The van der Waals surface area contributed by atoms with Gasteiger partial charge >= 0.3 is 15.6 Å². The Morgan fingerprint density at radius 2 is 1.87 bits per heavy atom. The second-order valence-corrected chi connectivity index (χ2v) is 7.20. The SMILES string of the molecule is CCN1CCC(c2cccc(OS(=O)(=O)C(F)(F)F)c2C)CC1. The fraction of sp³-hybridized carbons (Fsp3) is 0.600. The van der Waals surface area contributed by atoms with Crippen molar-refractivity contribution in [3.63, 3.8) is 0 Å². The van der Waals surface area contributed by atoms with E-state index in [1.165, 1.54) is 12.1 Å². The van der Waals surface area contributed by atoms with Crippen molar-refractivity contribution < 1.29 is 25.8 Å². The van der Waals surface area contributed by atoms with Crippen LogP contribution in [-0.2, 0) is 10.1 Å². The summed E-state index contributed by atoms with van der Waals surface area (Å²) in [5.74, 6) is -0.0484. The molecule has 1 saturated heterocycles. The summed E-state index contributed by atoms with van der Waals surface area (Å²) in [5.41, 5.74) is -4.12. The third kappa shape index (κ3) is 3.98. The van der Waals surface area contributed by atoms with Crippen molar-refractivity contribution in [3.8, 4) is 5.75 Å². The molecular weight excluding hydrogens is 331 g/mol. The van der Waals surface area contributed by atoms with Gasteiger partial charge in [0.05, 0.1) is 0 Å². The van der Waals surface area contributed by atoms with Crippen LogP contribution in [0.15, 0.2) is 18.2 Å². The van der Waals surface area contributed by atoms with Gasteiger partial charge in [-0.25, -0.2) is 0 Å². The van der Waals surface area contributed by atoms with Gasteiger partial charge in [-0.1, -0.05) is 19.1 Å². The molecule has 1 fully saturated rings. The summed E-state index contributed by atoms with van der Waals surface area (Å²) >= 11 is 0. The van der Waals surface area contributed by atoms with Gasteiger partial charge in [-0.15, -0.1) is 0 Å². The molecule has 1 heterocycles. The minimum Gasteiger partial charge on any atom is -0.376 e. The lowest BCUT2D eigenvalue weighted by molar-refractivity contribution is -0.0500. The van der Waals surface area contributed by atoms with Crippen LogP contribution < -0.4 is 4.18 Å². The van der Waals surface area contributed by atoms with Crippen molar-refractivity contribution in [2.75, 3.05) is 19.6 Å². The Hall–Kier alpha value is -1.28. The van der Waals surface area contributed by atoms with Crippen molar-refractivity contribution in [3.05, 3.63) is 29.3 Å². The number of alkyl halides is 3. The van der Waals surface area contributed by atoms with Gasteiger partial charge in [-0.3, -0.25) is 0 Å². The summed E-state index contributed by atoms with van der Waals surface area (Å²) in [6, 6.07) is 4.62. The van der Waals surface area contributed by atoms with E-state index in [1.54, 1.807) is 6.92 Å². The number of benzene rings is 1. The van der Waals surface area contributed by atoms with Crippen molar-refractivity contribution in [1.82, 2.24) is 4.90 Å². The largest absolute Gasteiger partial charge is 0.534 e. The molecule has 1 aromatic carbocycles. The van der Waals surface area contributed by atoms with Crippen LogP contribution in [0, 0.1) is 6.92 Å². The van der Waals surface area contributed by atoms with E-state index in [4.69, 9.17) is 0 Å². The Morgan fingerprint density at radius 3 is 2.39 bits per heavy atom. The highest BCUT2D eigenvalue weighted by Gasteiger charge is 2.48. The molecule has 4 nitrogen and oxygen atoms in total. The molecule has 0 radical (unpaired) electrons. The van der Waals surface area contributed by atoms with Crippen LogP contribution in [0.3, 0.4) is 0 Å². The minimum absolute atomic E-state index is 0.204. The highest BCUT2D eigenvalue weighted by atomic mass is 32.2. The first-order chi connectivity index (χ1) is 10.7. The van der Waals surface area contributed by atoms with Gasteiger partial charge in [0.2, 0.25) is 0 Å². The molecule has 1 aliphatic heterocycles. The average molecular weight is 351 g/mol. The van der Waals surface area contributed by atoms with E-state index >= 15 is 0 Å². The van der Waals surface area contributed by atoms with Crippen LogP contribution >= 0.6 is 0 Å². The second-order valence-electron chi connectivity index (χ2n) is 5.66. The third-order valence-corrected chi connectivity index (χ3v) is 5.25. The molecule has 1 aromatic rings. The highest BCUT2D eigenvalue weighted by molar-refractivity contribution is 7.88. The van der Waals surface area contributed by atoms with Crippen molar-refractivity contribution in [2.24, 2.45) is 0 Å². The summed E-state index contributed by atoms with van der Waals surface area (Å²) in [5, 5.41) is 0. The van der Waals surface area contributed by atoms with E-state index in [9.17, 15) is 21.6 Å². The zero-order chi connectivity index (χ0) is 17.3. The number of hydrogen-bond donors (Lipinski definition) is 0. The summed E-state index contributed by atoms with van der Waals surface area (Å²) in [6.07, 6.45) is 1.79. The molecule has 8 heteroatoms. The predicted octanol–water partition coefficient (Wildman–Crippen LogP) is 3.42. The third-order valence-electron chi connectivity index (χ3n) is 4.28. The first-order valence-corrected chi connectivity index (χ1v) is 8.89. The van der Waals surface area contributed by atoms with Gasteiger partial charge < -0.3 is 9.08 Å². The zero-order valence-corrected chi connectivity index (χ0v) is 13.9. The number of nitrogens with zero attached hydrogens (tertiary/aromatic N) is 1. The van der Waals surface area contributed by atoms with E-state index in [0.29, 0.717) is 5.56 Å². The molecule has 0 spiro atoms. The summed E-state index contributed by atoms with van der Waals surface area (Å²) in [6.45, 7) is 6.50. The lowest BCUT2D eigenvalue weighted by Gasteiger charge is -2.32. The van der Waals surface area contributed by atoms with Gasteiger partial charge in [0.15, 0.2) is 0 Å². The molecule has 23 heavy (non-hydrogen) atoms. The van der Waals surface area contributed by atoms with E-state index in [-0.39, 0.29) is 11.7 Å². The second kappa shape index (κ2) is 6.68. The van der Waals surface area contributed by atoms with Gasteiger partial charge in [-0.2, -0.15) is 21.6 Å². The van der Waals surface area contributed by atoms with Crippen molar-refractivity contribution in [1.29, 1.82) is 0 Å². The Labute approximate surface area is 134 Å². The number of piperidine rings is 1. The van der Waals surface area contributed by atoms with Crippen LogP contribution in [0.2, 0.25) is 0 Å². The topological polar surface area (TPSA) is 46.6 Å². The standard InChI is InChI=1S/C15H20F3NO3S/c1-3-19-9-7-12(8-10-19)13-5-4-6-14(11(13)2)22-23(20,21)15(16,17)18/h4-6,12H,3,7-10H2,1-2H3. The van der Waals surface area contributed by atoms with Crippen LogP contribution in [0.4, 0.5) is 13.2 Å². The van der Waals surface area contributed by atoms with Crippen LogP contribution in [-0.4, -0.2) is 38.5 Å². The summed E-state index contributed by atoms with van der Waals surface area (Å²) in [7, 11) is -5.64. The molecule has 0 N–H and O–H groups in total. The molecule has 0 aliphatic carbocycles. The zero-order valence-electron chi connectivity index (χ0n) is 13.1. The maximum absolute atomic E-state index is 12.5. The van der Waals surface area contributed by atoms with Gasteiger partial charge in [0, 0.05) is 0 Å². The summed E-state index contributed by atoms with van der Waals surface area (Å²) < 4.78 is 64.1. The Balaban J connectivity index is 2.23. The lowest BCUT2D eigenvalue weighted by atomic mass is 9.86. The normalized spacial score (nSPS) is 18.1. The maximum atomic E-state index is 12.5. The molecule has 0 aromatic heterocycles. The lowest BCUT2D eigenvalue weighted by Crippen LogP contribution is -2.33. The van der Waals surface area contributed by atoms with E-state index in [2.05, 4.69) is 16.0 Å². The number of rotatable bonds is 4. The highest BCUT2D eigenvalue weighted by Crippen LogP contribution is 2.35. The van der Waals surface area contributed by atoms with Gasteiger partial charge in [0.1, 0.15) is 5.75 Å². The Morgan fingerprint density at radius 1 is 1.26 bits per heavy atom. The van der Waals surface area contributed by atoms with E-state index < -0.39 is 15.6 Å². The maximum Gasteiger partial charge on any atom is 0.534 e. The molecule has 2 rings (SSSR count). The fourth-order valence-electron chi connectivity index (χ4n) is 2.89. The molecule has 0 saturated carbocycles. The monoisotopic (exact) mass is 351 g/mol.